The number of thiophene rings is 1. The highest BCUT2D eigenvalue weighted by Gasteiger charge is 2.06. The van der Waals surface area contributed by atoms with Crippen LogP contribution in [0.25, 0.3) is 11.2 Å². The maximum atomic E-state index is 5.53. The molecule has 0 N–H and O–H groups in total. The van der Waals surface area contributed by atoms with Gasteiger partial charge in [0.25, 0.3) is 0 Å². The summed E-state index contributed by atoms with van der Waals surface area (Å²) < 4.78 is 5.53. The van der Waals surface area contributed by atoms with Crippen molar-refractivity contribution in [3.63, 3.8) is 0 Å². The highest BCUT2D eigenvalue weighted by Crippen LogP contribution is 2.17. The van der Waals surface area contributed by atoms with E-state index >= 15 is 0 Å². The molecular weight excluding hydrogens is 208 g/mol. The summed E-state index contributed by atoms with van der Waals surface area (Å²) in [5.41, 5.74) is 1.44. The predicted octanol–water partition coefficient (Wildman–Crippen LogP) is 2.88. The first-order valence-corrected chi connectivity index (χ1v) is 5.52. The van der Waals surface area contributed by atoms with Crippen LogP contribution < -0.4 is 0 Å². The molecule has 0 aliphatic carbocycles. The van der Waals surface area contributed by atoms with Gasteiger partial charge in [0.05, 0.1) is 6.42 Å². The molecule has 3 rings (SSSR count). The molecule has 3 aromatic heterocycles. The van der Waals surface area contributed by atoms with E-state index in [1.54, 1.807) is 17.5 Å². The molecule has 0 aliphatic heterocycles. The monoisotopic (exact) mass is 216 g/mol. The first-order valence-electron chi connectivity index (χ1n) is 4.64. The summed E-state index contributed by atoms with van der Waals surface area (Å²) >= 11 is 1.71. The fourth-order valence-electron chi connectivity index (χ4n) is 1.45. The minimum Gasteiger partial charge on any atom is -0.422 e. The quantitative estimate of drug-likeness (QED) is 0.661. The lowest BCUT2D eigenvalue weighted by atomic mass is 10.3. The number of nitrogens with zero attached hydrogens (tertiary/aromatic N) is 2. The molecule has 0 aliphatic rings. The lowest BCUT2D eigenvalue weighted by Crippen LogP contribution is -1.82. The van der Waals surface area contributed by atoms with Gasteiger partial charge < -0.3 is 4.42 Å². The van der Waals surface area contributed by atoms with Gasteiger partial charge >= 0.3 is 0 Å². The number of hydrogen-bond donors (Lipinski definition) is 0. The third-order valence-electron chi connectivity index (χ3n) is 2.12. The minimum absolute atomic E-state index is 0.615. The van der Waals surface area contributed by atoms with Crippen LogP contribution in [0.1, 0.15) is 10.8 Å². The molecule has 0 atom stereocenters. The zero-order valence-corrected chi connectivity index (χ0v) is 8.70. The first kappa shape index (κ1) is 8.61. The van der Waals surface area contributed by atoms with Crippen LogP contribution in [-0.4, -0.2) is 9.97 Å². The summed E-state index contributed by atoms with van der Waals surface area (Å²) in [5.74, 6) is 0.728. The number of pyridine rings is 1. The maximum absolute atomic E-state index is 5.53. The van der Waals surface area contributed by atoms with Crippen LogP contribution in [-0.2, 0) is 6.42 Å². The Balaban J connectivity index is 1.98. The summed E-state index contributed by atoms with van der Waals surface area (Å²) in [6, 6.07) is 7.87. The fraction of sp³-hybridized carbons (Fsp3) is 0.0909. The van der Waals surface area contributed by atoms with Crippen LogP contribution in [0, 0.1) is 0 Å². The lowest BCUT2D eigenvalue weighted by Gasteiger charge is -1.88. The van der Waals surface area contributed by atoms with Gasteiger partial charge in [0.15, 0.2) is 0 Å². The molecule has 0 bridgehead atoms. The summed E-state index contributed by atoms with van der Waals surface area (Å²) in [6.07, 6.45) is 2.45. The summed E-state index contributed by atoms with van der Waals surface area (Å²) in [6.45, 7) is 0. The molecule has 3 nitrogen and oxygen atoms in total. The van der Waals surface area contributed by atoms with Crippen LogP contribution >= 0.6 is 11.3 Å². The SMILES string of the molecule is c1csc(Cc2nc3cccnc3o2)c1. The topological polar surface area (TPSA) is 38.9 Å². The fourth-order valence-corrected chi connectivity index (χ4v) is 2.15. The molecule has 4 heteroatoms. The summed E-state index contributed by atoms with van der Waals surface area (Å²) in [7, 11) is 0. The van der Waals surface area contributed by atoms with E-state index in [1.165, 1.54) is 4.88 Å². The van der Waals surface area contributed by atoms with E-state index in [0.29, 0.717) is 5.71 Å². The molecular formula is C11H8N2OS. The second-order valence-electron chi connectivity index (χ2n) is 3.19. The Morgan fingerprint density at radius 3 is 3.07 bits per heavy atom. The molecule has 0 spiro atoms. The Labute approximate surface area is 90.4 Å². The summed E-state index contributed by atoms with van der Waals surface area (Å²) in [5, 5.41) is 2.05. The second-order valence-corrected chi connectivity index (χ2v) is 4.22. The van der Waals surface area contributed by atoms with Crippen molar-refractivity contribution in [3.05, 3.63) is 46.6 Å². The standard InChI is InChI=1S/C11H8N2OS/c1-4-9-11(12-5-1)14-10(13-9)7-8-3-2-6-15-8/h1-6H,7H2. The Morgan fingerprint density at radius 1 is 1.27 bits per heavy atom. The Bertz CT molecular complexity index is 538. The number of hydrogen-bond acceptors (Lipinski definition) is 4. The van der Waals surface area contributed by atoms with Crippen molar-refractivity contribution >= 4 is 22.6 Å². The van der Waals surface area contributed by atoms with Crippen molar-refractivity contribution in [2.75, 3.05) is 0 Å². The van der Waals surface area contributed by atoms with Gasteiger partial charge in [-0.1, -0.05) is 6.07 Å². The van der Waals surface area contributed by atoms with Gasteiger partial charge in [-0.05, 0) is 23.6 Å². The molecule has 0 unspecified atom stereocenters. The first-order chi connectivity index (χ1) is 7.42. The lowest BCUT2D eigenvalue weighted by molar-refractivity contribution is 0.536. The van der Waals surface area contributed by atoms with Crippen molar-refractivity contribution in [1.82, 2.24) is 9.97 Å². The number of fused-ring (bicyclic) bond motifs is 1. The smallest absolute Gasteiger partial charge is 0.246 e. The van der Waals surface area contributed by atoms with Gasteiger partial charge in [-0.25, -0.2) is 9.97 Å². The van der Waals surface area contributed by atoms with Crippen molar-refractivity contribution in [1.29, 1.82) is 0 Å². The van der Waals surface area contributed by atoms with Gasteiger partial charge in [-0.3, -0.25) is 0 Å². The third kappa shape index (κ3) is 1.64. The minimum atomic E-state index is 0.615. The van der Waals surface area contributed by atoms with Gasteiger partial charge in [-0.2, -0.15) is 0 Å². The molecule has 0 aromatic carbocycles. The van der Waals surface area contributed by atoms with Crippen molar-refractivity contribution in [3.8, 4) is 0 Å². The molecule has 0 radical (unpaired) electrons. The Kier molecular flexibility index (Phi) is 1.99. The molecule has 0 saturated heterocycles. The molecule has 3 aromatic rings. The van der Waals surface area contributed by atoms with Crippen molar-refractivity contribution in [2.24, 2.45) is 0 Å². The van der Waals surface area contributed by atoms with E-state index in [1.807, 2.05) is 18.2 Å². The molecule has 3 heterocycles. The van der Waals surface area contributed by atoms with Crippen LogP contribution in [0.15, 0.2) is 40.3 Å². The number of aromatic nitrogens is 2. The normalized spacial score (nSPS) is 10.9. The van der Waals surface area contributed by atoms with Crippen LogP contribution in [0.3, 0.4) is 0 Å². The van der Waals surface area contributed by atoms with E-state index in [-0.39, 0.29) is 0 Å². The Hall–Kier alpha value is -1.68. The van der Waals surface area contributed by atoms with Crippen molar-refractivity contribution in [2.45, 2.75) is 6.42 Å². The van der Waals surface area contributed by atoms with Crippen LogP contribution in [0.4, 0.5) is 0 Å². The van der Waals surface area contributed by atoms with E-state index in [9.17, 15) is 0 Å². The molecule has 0 saturated carbocycles. The largest absolute Gasteiger partial charge is 0.422 e. The molecule has 15 heavy (non-hydrogen) atoms. The van der Waals surface area contributed by atoms with E-state index < -0.39 is 0 Å². The van der Waals surface area contributed by atoms with Gasteiger partial charge in [0, 0.05) is 11.1 Å². The second kappa shape index (κ2) is 3.47. The van der Waals surface area contributed by atoms with E-state index in [4.69, 9.17) is 4.42 Å². The van der Waals surface area contributed by atoms with E-state index in [0.717, 1.165) is 17.8 Å². The molecule has 0 fully saturated rings. The highest BCUT2D eigenvalue weighted by molar-refractivity contribution is 7.09. The van der Waals surface area contributed by atoms with Crippen molar-refractivity contribution < 1.29 is 4.42 Å². The zero-order chi connectivity index (χ0) is 10.1. The van der Waals surface area contributed by atoms with Crippen LogP contribution in [0.5, 0.6) is 0 Å². The van der Waals surface area contributed by atoms with Gasteiger partial charge in [0.2, 0.25) is 11.6 Å². The van der Waals surface area contributed by atoms with Gasteiger partial charge in [-0.15, -0.1) is 11.3 Å². The average molecular weight is 216 g/mol. The highest BCUT2D eigenvalue weighted by atomic mass is 32.1. The number of rotatable bonds is 2. The van der Waals surface area contributed by atoms with Gasteiger partial charge in [0.1, 0.15) is 5.52 Å². The van der Waals surface area contributed by atoms with Crippen LogP contribution in [0.2, 0.25) is 0 Å². The Morgan fingerprint density at radius 2 is 2.27 bits per heavy atom. The average Bonchev–Trinajstić information content (AvgIpc) is 2.86. The maximum Gasteiger partial charge on any atom is 0.246 e. The molecule has 0 amide bonds. The summed E-state index contributed by atoms with van der Waals surface area (Å²) in [4.78, 5) is 9.72. The predicted molar refractivity (Wildman–Crippen MR) is 58.9 cm³/mol. The molecule has 74 valence electrons. The zero-order valence-electron chi connectivity index (χ0n) is 7.88. The number of oxazole rings is 1. The van der Waals surface area contributed by atoms with E-state index in [2.05, 4.69) is 21.4 Å². The third-order valence-corrected chi connectivity index (χ3v) is 2.99.